The zero-order chi connectivity index (χ0) is 15.2. The Morgan fingerprint density at radius 1 is 1.35 bits per heavy atom. The number of hydrogen-bond donors (Lipinski definition) is 1. The van der Waals surface area contributed by atoms with Crippen LogP contribution in [0.25, 0.3) is 0 Å². The molecule has 0 aliphatic carbocycles. The minimum absolute atomic E-state index is 0.143. The van der Waals surface area contributed by atoms with Gasteiger partial charge in [0.15, 0.2) is 0 Å². The fraction of sp³-hybridized carbons (Fsp3) is 0.643. The molecule has 0 unspecified atom stereocenters. The molecule has 1 aromatic heterocycles. The lowest BCUT2D eigenvalue weighted by atomic mass is 10.2. The fourth-order valence-corrected chi connectivity index (χ4v) is 2.40. The first kappa shape index (κ1) is 16.9. The summed E-state index contributed by atoms with van der Waals surface area (Å²) in [5, 5.41) is 3.35. The van der Waals surface area contributed by atoms with Crippen molar-refractivity contribution in [2.75, 3.05) is 37.0 Å². The normalized spacial score (nSPS) is 11.6. The van der Waals surface area contributed by atoms with E-state index in [4.69, 9.17) is 0 Å². The van der Waals surface area contributed by atoms with E-state index in [0.717, 1.165) is 31.0 Å². The molecule has 1 rings (SSSR count). The van der Waals surface area contributed by atoms with E-state index in [1.165, 1.54) is 11.8 Å². The molecule has 0 bridgehead atoms. The molecule has 0 radical (unpaired) electrons. The minimum Gasteiger partial charge on any atom is -0.359 e. The van der Waals surface area contributed by atoms with E-state index in [1.807, 2.05) is 24.9 Å². The molecule has 0 saturated heterocycles. The largest absolute Gasteiger partial charge is 0.359 e. The van der Waals surface area contributed by atoms with E-state index < -0.39 is 9.84 Å². The van der Waals surface area contributed by atoms with Crippen molar-refractivity contribution < 1.29 is 8.42 Å². The summed E-state index contributed by atoms with van der Waals surface area (Å²) in [5.74, 6) is 0.953. The van der Waals surface area contributed by atoms with Crippen LogP contribution in [0.15, 0.2) is 12.1 Å². The van der Waals surface area contributed by atoms with Crippen LogP contribution in [-0.4, -0.2) is 45.5 Å². The third-order valence-electron chi connectivity index (χ3n) is 3.11. The highest BCUT2D eigenvalue weighted by Gasteiger charge is 2.09. The van der Waals surface area contributed by atoms with Crippen molar-refractivity contribution in [1.82, 2.24) is 10.3 Å². The summed E-state index contributed by atoms with van der Waals surface area (Å²) in [6.07, 6.45) is 2.36. The summed E-state index contributed by atoms with van der Waals surface area (Å²) < 4.78 is 22.4. The Kier molecular flexibility index (Phi) is 6.42. The number of anilines is 1. The van der Waals surface area contributed by atoms with E-state index in [-0.39, 0.29) is 5.75 Å². The van der Waals surface area contributed by atoms with Crippen LogP contribution in [0.1, 0.15) is 24.6 Å². The van der Waals surface area contributed by atoms with E-state index in [9.17, 15) is 8.42 Å². The van der Waals surface area contributed by atoms with Crippen molar-refractivity contribution in [2.45, 2.75) is 26.8 Å². The van der Waals surface area contributed by atoms with Crippen molar-refractivity contribution >= 4 is 15.7 Å². The number of aromatic nitrogens is 1. The first-order chi connectivity index (χ1) is 9.33. The Labute approximate surface area is 122 Å². The Morgan fingerprint density at radius 3 is 2.60 bits per heavy atom. The quantitative estimate of drug-likeness (QED) is 0.735. The number of pyridine rings is 1. The molecule has 1 heterocycles. The molecule has 1 N–H and O–H groups in total. The van der Waals surface area contributed by atoms with E-state index in [0.29, 0.717) is 6.54 Å². The van der Waals surface area contributed by atoms with E-state index in [1.54, 1.807) is 0 Å². The van der Waals surface area contributed by atoms with Gasteiger partial charge in [-0.25, -0.2) is 13.4 Å². The molecular formula is C14H25N3O2S. The van der Waals surface area contributed by atoms with Gasteiger partial charge in [-0.05, 0) is 31.5 Å². The van der Waals surface area contributed by atoms with Crippen LogP contribution < -0.4 is 10.2 Å². The number of sulfone groups is 1. The summed E-state index contributed by atoms with van der Waals surface area (Å²) in [6.45, 7) is 6.39. The number of nitrogens with zero attached hydrogens (tertiary/aromatic N) is 2. The summed E-state index contributed by atoms with van der Waals surface area (Å²) in [5.41, 5.74) is 2.16. The van der Waals surface area contributed by atoms with Crippen molar-refractivity contribution in [3.8, 4) is 0 Å². The molecule has 0 saturated carbocycles. The Morgan fingerprint density at radius 2 is 2.05 bits per heavy atom. The highest BCUT2D eigenvalue weighted by molar-refractivity contribution is 7.90. The van der Waals surface area contributed by atoms with Gasteiger partial charge in [-0.1, -0.05) is 13.0 Å². The van der Waals surface area contributed by atoms with Crippen LogP contribution in [0.2, 0.25) is 0 Å². The van der Waals surface area contributed by atoms with Gasteiger partial charge < -0.3 is 10.2 Å². The van der Waals surface area contributed by atoms with Gasteiger partial charge in [0.05, 0.1) is 5.75 Å². The monoisotopic (exact) mass is 299 g/mol. The lowest BCUT2D eigenvalue weighted by Gasteiger charge is -2.19. The first-order valence-electron chi connectivity index (χ1n) is 6.89. The number of hydrogen-bond acceptors (Lipinski definition) is 5. The molecule has 6 heteroatoms. The van der Waals surface area contributed by atoms with Gasteiger partial charge in [0.1, 0.15) is 15.7 Å². The standard InChI is InChI=1S/C14H25N3O2S/c1-5-8-15-11-13-6-7-14(16-12(13)2)17(3)9-10-20(4,18)19/h6-7,15H,5,8-11H2,1-4H3. The first-order valence-corrected chi connectivity index (χ1v) is 8.95. The van der Waals surface area contributed by atoms with Gasteiger partial charge in [0.25, 0.3) is 0 Å². The molecule has 0 amide bonds. The van der Waals surface area contributed by atoms with Crippen molar-refractivity contribution in [3.63, 3.8) is 0 Å². The van der Waals surface area contributed by atoms with Gasteiger partial charge >= 0.3 is 0 Å². The molecule has 5 nitrogen and oxygen atoms in total. The predicted octanol–water partition coefficient (Wildman–Crippen LogP) is 1.37. The van der Waals surface area contributed by atoms with Crippen molar-refractivity contribution in [2.24, 2.45) is 0 Å². The molecule has 0 fully saturated rings. The Bertz CT molecular complexity index is 529. The van der Waals surface area contributed by atoms with E-state index in [2.05, 4.69) is 23.3 Å². The van der Waals surface area contributed by atoms with Crippen LogP contribution in [0.4, 0.5) is 5.82 Å². The molecule has 0 aliphatic rings. The highest BCUT2D eigenvalue weighted by atomic mass is 32.2. The van der Waals surface area contributed by atoms with Crippen LogP contribution >= 0.6 is 0 Å². The second-order valence-electron chi connectivity index (χ2n) is 5.14. The maximum Gasteiger partial charge on any atom is 0.149 e. The average Bonchev–Trinajstić information content (AvgIpc) is 2.37. The molecule has 0 spiro atoms. The topological polar surface area (TPSA) is 62.3 Å². The van der Waals surface area contributed by atoms with Crippen LogP contribution in [0.3, 0.4) is 0 Å². The SMILES string of the molecule is CCCNCc1ccc(N(C)CCS(C)(=O)=O)nc1C. The summed E-state index contributed by atoms with van der Waals surface area (Å²) in [4.78, 5) is 6.42. The van der Waals surface area contributed by atoms with Gasteiger partial charge in [0.2, 0.25) is 0 Å². The number of nitrogens with one attached hydrogen (secondary N) is 1. The predicted molar refractivity (Wildman–Crippen MR) is 84.0 cm³/mol. The van der Waals surface area contributed by atoms with Gasteiger partial charge in [-0.2, -0.15) is 0 Å². The zero-order valence-corrected chi connectivity index (χ0v) is 13.6. The Hall–Kier alpha value is -1.14. The molecule has 0 aliphatic heterocycles. The second-order valence-corrected chi connectivity index (χ2v) is 7.40. The number of aryl methyl sites for hydroxylation is 1. The number of rotatable bonds is 8. The third-order valence-corrected chi connectivity index (χ3v) is 4.04. The van der Waals surface area contributed by atoms with Crippen molar-refractivity contribution in [3.05, 3.63) is 23.4 Å². The lowest BCUT2D eigenvalue weighted by molar-refractivity contribution is 0.601. The smallest absolute Gasteiger partial charge is 0.149 e. The van der Waals surface area contributed by atoms with E-state index >= 15 is 0 Å². The molecule has 0 atom stereocenters. The van der Waals surface area contributed by atoms with Gasteiger partial charge in [-0.15, -0.1) is 0 Å². The lowest BCUT2D eigenvalue weighted by Crippen LogP contribution is -2.26. The second kappa shape index (κ2) is 7.59. The molecule has 1 aromatic rings. The average molecular weight is 299 g/mol. The maximum absolute atomic E-state index is 11.2. The zero-order valence-electron chi connectivity index (χ0n) is 12.8. The van der Waals surface area contributed by atoms with Gasteiger partial charge in [-0.3, -0.25) is 0 Å². The van der Waals surface area contributed by atoms with Crippen LogP contribution in [0.5, 0.6) is 0 Å². The third kappa shape index (κ3) is 5.88. The van der Waals surface area contributed by atoms with Crippen molar-refractivity contribution in [1.29, 1.82) is 0 Å². The fourth-order valence-electron chi connectivity index (χ4n) is 1.79. The minimum atomic E-state index is -2.94. The molecule has 0 aromatic carbocycles. The van der Waals surface area contributed by atoms with Gasteiger partial charge in [0, 0.05) is 32.1 Å². The molecule has 20 heavy (non-hydrogen) atoms. The summed E-state index contributed by atoms with van der Waals surface area (Å²) in [7, 11) is -1.08. The Balaban J connectivity index is 2.66. The van der Waals surface area contributed by atoms with Crippen LogP contribution in [0, 0.1) is 6.92 Å². The molecular weight excluding hydrogens is 274 g/mol. The summed E-state index contributed by atoms with van der Waals surface area (Å²) >= 11 is 0. The highest BCUT2D eigenvalue weighted by Crippen LogP contribution is 2.13. The molecule has 114 valence electrons. The summed E-state index contributed by atoms with van der Waals surface area (Å²) in [6, 6.07) is 4.00. The maximum atomic E-state index is 11.2. The van der Waals surface area contributed by atoms with Crippen LogP contribution in [-0.2, 0) is 16.4 Å².